The lowest BCUT2D eigenvalue weighted by Crippen LogP contribution is -2.09. The van der Waals surface area contributed by atoms with Gasteiger partial charge in [0.25, 0.3) is 0 Å². The number of rotatable bonds is 3. The summed E-state index contributed by atoms with van der Waals surface area (Å²) in [6.45, 7) is 4.01. The van der Waals surface area contributed by atoms with Gasteiger partial charge in [-0.25, -0.2) is 0 Å². The maximum Gasteiger partial charge on any atom is 0.418 e. The zero-order valence-corrected chi connectivity index (χ0v) is 9.95. The van der Waals surface area contributed by atoms with Crippen molar-refractivity contribution in [1.82, 2.24) is 0 Å². The van der Waals surface area contributed by atoms with E-state index in [0.29, 0.717) is 16.6 Å². The smallest absolute Gasteiger partial charge is 0.398 e. The first-order valence-electron chi connectivity index (χ1n) is 4.88. The lowest BCUT2D eigenvalue weighted by atomic mass is 10.1. The topological polar surface area (TPSA) is 26.0 Å². The van der Waals surface area contributed by atoms with Crippen LogP contribution in [0.25, 0.3) is 0 Å². The van der Waals surface area contributed by atoms with E-state index in [-0.39, 0.29) is 5.69 Å². The van der Waals surface area contributed by atoms with Crippen molar-refractivity contribution in [1.29, 1.82) is 0 Å². The van der Waals surface area contributed by atoms with Gasteiger partial charge in [-0.05, 0) is 22.9 Å². The van der Waals surface area contributed by atoms with Crippen LogP contribution in [-0.4, -0.2) is 5.25 Å². The minimum absolute atomic E-state index is 0.217. The highest BCUT2D eigenvalue weighted by Crippen LogP contribution is 2.34. The molecule has 0 bridgehead atoms. The van der Waals surface area contributed by atoms with Crippen LogP contribution in [-0.2, 0) is 11.9 Å². The highest BCUT2D eigenvalue weighted by molar-refractivity contribution is 7.99. The Morgan fingerprint density at radius 1 is 1.31 bits per heavy atom. The summed E-state index contributed by atoms with van der Waals surface area (Å²) in [6.07, 6.45) is -4.37. The molecular weight excluding hydrogens is 235 g/mol. The number of thioether (sulfide) groups is 1. The molecule has 0 aliphatic carbocycles. The maximum atomic E-state index is 12.5. The van der Waals surface area contributed by atoms with Gasteiger partial charge in [-0.3, -0.25) is 0 Å². The molecule has 1 aromatic rings. The van der Waals surface area contributed by atoms with E-state index in [2.05, 4.69) is 0 Å². The standard InChI is InChI=1S/C11H14F3NS/c1-7(2)16-6-8-3-4-10(15)9(5-8)11(12,13)14/h3-5,7H,6,15H2,1-2H3. The third-order valence-corrected chi connectivity index (χ3v) is 3.17. The number of anilines is 1. The van der Waals surface area contributed by atoms with Gasteiger partial charge < -0.3 is 5.73 Å². The quantitative estimate of drug-likeness (QED) is 0.821. The summed E-state index contributed by atoms with van der Waals surface area (Å²) in [5, 5.41) is 0.395. The van der Waals surface area contributed by atoms with E-state index in [1.807, 2.05) is 13.8 Å². The second kappa shape index (κ2) is 4.99. The van der Waals surface area contributed by atoms with Gasteiger partial charge in [-0.15, -0.1) is 0 Å². The first kappa shape index (κ1) is 13.2. The van der Waals surface area contributed by atoms with Crippen molar-refractivity contribution in [2.75, 3.05) is 5.73 Å². The fourth-order valence-electron chi connectivity index (χ4n) is 1.20. The molecule has 1 rings (SSSR count). The van der Waals surface area contributed by atoms with Crippen molar-refractivity contribution in [3.05, 3.63) is 29.3 Å². The lowest BCUT2D eigenvalue weighted by molar-refractivity contribution is -0.136. The van der Waals surface area contributed by atoms with E-state index in [9.17, 15) is 13.2 Å². The molecule has 0 saturated heterocycles. The summed E-state index contributed by atoms with van der Waals surface area (Å²) in [6, 6.07) is 4.09. The summed E-state index contributed by atoms with van der Waals surface area (Å²) in [5.74, 6) is 0.570. The molecule has 1 nitrogen and oxygen atoms in total. The van der Waals surface area contributed by atoms with Crippen LogP contribution in [0, 0.1) is 0 Å². The normalized spacial score (nSPS) is 12.1. The van der Waals surface area contributed by atoms with E-state index in [0.717, 1.165) is 6.07 Å². The summed E-state index contributed by atoms with van der Waals surface area (Å²) in [4.78, 5) is 0. The molecule has 0 aliphatic rings. The molecule has 1 aromatic carbocycles. The minimum atomic E-state index is -4.37. The van der Waals surface area contributed by atoms with E-state index < -0.39 is 11.7 Å². The lowest BCUT2D eigenvalue weighted by Gasteiger charge is -2.12. The summed E-state index contributed by atoms with van der Waals surface area (Å²) in [7, 11) is 0. The molecule has 0 amide bonds. The van der Waals surface area contributed by atoms with E-state index >= 15 is 0 Å². The Labute approximate surface area is 97.2 Å². The molecule has 0 aromatic heterocycles. The van der Waals surface area contributed by atoms with Crippen molar-refractivity contribution >= 4 is 17.4 Å². The fourth-order valence-corrected chi connectivity index (χ4v) is 1.91. The van der Waals surface area contributed by atoms with Crippen molar-refractivity contribution in [2.24, 2.45) is 0 Å². The molecule has 0 aliphatic heterocycles. The average molecular weight is 249 g/mol. The molecule has 0 radical (unpaired) electrons. The van der Waals surface area contributed by atoms with Gasteiger partial charge in [-0.1, -0.05) is 19.9 Å². The summed E-state index contributed by atoms with van der Waals surface area (Å²) >= 11 is 1.60. The SMILES string of the molecule is CC(C)SCc1ccc(N)c(C(F)(F)F)c1. The summed E-state index contributed by atoms with van der Waals surface area (Å²) in [5.41, 5.74) is 5.00. The Morgan fingerprint density at radius 2 is 1.94 bits per heavy atom. The number of hydrogen-bond acceptors (Lipinski definition) is 2. The van der Waals surface area contributed by atoms with Crippen LogP contribution in [0.1, 0.15) is 25.0 Å². The number of halogens is 3. The number of alkyl halides is 3. The minimum Gasteiger partial charge on any atom is -0.398 e. The molecule has 5 heteroatoms. The third kappa shape index (κ3) is 3.63. The Balaban J connectivity index is 2.90. The molecule has 2 N–H and O–H groups in total. The van der Waals surface area contributed by atoms with Crippen LogP contribution >= 0.6 is 11.8 Å². The van der Waals surface area contributed by atoms with E-state index in [1.165, 1.54) is 6.07 Å². The van der Waals surface area contributed by atoms with Crippen LogP contribution in [0.5, 0.6) is 0 Å². The Morgan fingerprint density at radius 3 is 2.44 bits per heavy atom. The fraction of sp³-hybridized carbons (Fsp3) is 0.455. The molecule has 0 heterocycles. The van der Waals surface area contributed by atoms with Crippen LogP contribution in [0.3, 0.4) is 0 Å². The second-order valence-corrected chi connectivity index (χ2v) is 5.34. The van der Waals surface area contributed by atoms with Crippen molar-refractivity contribution < 1.29 is 13.2 Å². The van der Waals surface area contributed by atoms with E-state index in [4.69, 9.17) is 5.73 Å². The van der Waals surface area contributed by atoms with Gasteiger partial charge in [0.1, 0.15) is 0 Å². The molecular formula is C11H14F3NS. The number of nitrogen functional groups attached to an aromatic ring is 1. The largest absolute Gasteiger partial charge is 0.418 e. The first-order chi connectivity index (χ1) is 7.30. The first-order valence-corrected chi connectivity index (χ1v) is 5.93. The zero-order chi connectivity index (χ0) is 12.3. The van der Waals surface area contributed by atoms with Crippen LogP contribution in [0.15, 0.2) is 18.2 Å². The predicted octanol–water partition coefficient (Wildman–Crippen LogP) is 3.93. The maximum absolute atomic E-state index is 12.5. The molecule has 0 fully saturated rings. The molecule has 16 heavy (non-hydrogen) atoms. The Bertz CT molecular complexity index is 361. The van der Waals surface area contributed by atoms with Gasteiger partial charge >= 0.3 is 6.18 Å². The van der Waals surface area contributed by atoms with Crippen molar-refractivity contribution in [3.8, 4) is 0 Å². The highest BCUT2D eigenvalue weighted by atomic mass is 32.2. The molecule has 0 spiro atoms. The predicted molar refractivity (Wildman–Crippen MR) is 62.3 cm³/mol. The van der Waals surface area contributed by atoms with Gasteiger partial charge in [0.15, 0.2) is 0 Å². The Kier molecular flexibility index (Phi) is 4.13. The van der Waals surface area contributed by atoms with Crippen LogP contribution < -0.4 is 5.73 Å². The molecule has 90 valence electrons. The number of nitrogens with two attached hydrogens (primary N) is 1. The number of benzene rings is 1. The highest BCUT2D eigenvalue weighted by Gasteiger charge is 2.32. The zero-order valence-electron chi connectivity index (χ0n) is 9.14. The summed E-state index contributed by atoms with van der Waals surface area (Å²) < 4.78 is 37.6. The molecule has 0 atom stereocenters. The third-order valence-electron chi connectivity index (χ3n) is 2.01. The second-order valence-electron chi connectivity index (χ2n) is 3.78. The monoisotopic (exact) mass is 249 g/mol. The Hall–Kier alpha value is -0.840. The van der Waals surface area contributed by atoms with Gasteiger partial charge in [0, 0.05) is 11.4 Å². The average Bonchev–Trinajstić information content (AvgIpc) is 2.14. The molecule has 0 unspecified atom stereocenters. The van der Waals surface area contributed by atoms with Gasteiger partial charge in [0.2, 0.25) is 0 Å². The van der Waals surface area contributed by atoms with Gasteiger partial charge in [-0.2, -0.15) is 24.9 Å². The van der Waals surface area contributed by atoms with Gasteiger partial charge in [0.05, 0.1) is 5.56 Å². The molecule has 0 saturated carbocycles. The van der Waals surface area contributed by atoms with Crippen LogP contribution in [0.2, 0.25) is 0 Å². The van der Waals surface area contributed by atoms with E-state index in [1.54, 1.807) is 17.8 Å². The van der Waals surface area contributed by atoms with Crippen molar-refractivity contribution in [3.63, 3.8) is 0 Å². The number of hydrogen-bond donors (Lipinski definition) is 1. The van der Waals surface area contributed by atoms with Crippen molar-refractivity contribution in [2.45, 2.75) is 31.0 Å². The van der Waals surface area contributed by atoms with Crippen LogP contribution in [0.4, 0.5) is 18.9 Å².